The summed E-state index contributed by atoms with van der Waals surface area (Å²) in [5, 5.41) is 9.35. The fourth-order valence-electron chi connectivity index (χ4n) is 2.45. The van der Waals surface area contributed by atoms with Crippen LogP contribution in [0.2, 0.25) is 0 Å². The molecule has 2 aromatic rings. The molecule has 1 heterocycles. The van der Waals surface area contributed by atoms with Gasteiger partial charge in [0.1, 0.15) is 5.82 Å². The molecular weight excluding hydrogens is 291 g/mol. The lowest BCUT2D eigenvalue weighted by atomic mass is 10.1. The number of hydrogen-bond donors (Lipinski definition) is 1. The summed E-state index contributed by atoms with van der Waals surface area (Å²) in [7, 11) is 0. The smallest absolute Gasteiger partial charge is 0.197 e. The van der Waals surface area contributed by atoms with Crippen molar-refractivity contribution in [1.29, 1.82) is 5.26 Å². The highest BCUT2D eigenvalue weighted by atomic mass is 19.1. The topological polar surface area (TPSA) is 65.4 Å². The first kappa shape index (κ1) is 14.8. The van der Waals surface area contributed by atoms with Crippen molar-refractivity contribution < 1.29 is 4.39 Å². The van der Waals surface area contributed by atoms with E-state index in [9.17, 15) is 9.65 Å². The second-order valence-corrected chi connectivity index (χ2v) is 5.29. The number of halogens is 1. The van der Waals surface area contributed by atoms with Gasteiger partial charge >= 0.3 is 0 Å². The second-order valence-electron chi connectivity index (χ2n) is 5.29. The van der Waals surface area contributed by atoms with Crippen LogP contribution < -0.4 is 5.73 Å². The molecular formula is C18H15FN4. The van der Waals surface area contributed by atoms with E-state index in [1.165, 1.54) is 12.1 Å². The van der Waals surface area contributed by atoms with Crippen LogP contribution in [0.4, 0.5) is 10.1 Å². The predicted octanol–water partition coefficient (Wildman–Crippen LogP) is 3.19. The number of nitriles is 1. The number of para-hydroxylation sites is 1. The molecule has 23 heavy (non-hydrogen) atoms. The largest absolute Gasteiger partial charge is 0.369 e. The summed E-state index contributed by atoms with van der Waals surface area (Å²) < 4.78 is 12.9. The molecule has 5 heteroatoms. The summed E-state index contributed by atoms with van der Waals surface area (Å²) in [6.07, 6.45) is 1.73. The molecule has 0 aromatic heterocycles. The summed E-state index contributed by atoms with van der Waals surface area (Å²) in [5.74, 6) is 0.0913. The van der Waals surface area contributed by atoms with E-state index in [1.54, 1.807) is 18.2 Å². The first-order valence-electron chi connectivity index (χ1n) is 7.19. The van der Waals surface area contributed by atoms with E-state index < -0.39 is 0 Å². The van der Waals surface area contributed by atoms with Crippen molar-refractivity contribution in [2.45, 2.75) is 6.54 Å². The van der Waals surface area contributed by atoms with Crippen molar-refractivity contribution >= 4 is 17.7 Å². The van der Waals surface area contributed by atoms with Crippen LogP contribution >= 0.6 is 0 Å². The Hall–Kier alpha value is -3.13. The molecule has 0 unspecified atom stereocenters. The van der Waals surface area contributed by atoms with Crippen molar-refractivity contribution in [3.8, 4) is 6.07 Å². The number of aliphatic imine (C=N–C) groups is 1. The van der Waals surface area contributed by atoms with Gasteiger partial charge in [-0.2, -0.15) is 5.26 Å². The zero-order valence-electron chi connectivity index (χ0n) is 12.4. The Morgan fingerprint density at radius 3 is 2.74 bits per heavy atom. The Labute approximate surface area is 134 Å². The van der Waals surface area contributed by atoms with Crippen LogP contribution in [0.1, 0.15) is 11.1 Å². The SMILES string of the molecule is N#C/C(=C\c1ccc(F)cc1)CN1Cc2ccccc2N=C1N. The highest BCUT2D eigenvalue weighted by molar-refractivity contribution is 5.84. The van der Waals surface area contributed by atoms with E-state index in [0.717, 1.165) is 16.8 Å². The number of guanidine groups is 1. The van der Waals surface area contributed by atoms with Gasteiger partial charge in [0.25, 0.3) is 0 Å². The third-order valence-corrected chi connectivity index (χ3v) is 3.63. The number of benzene rings is 2. The van der Waals surface area contributed by atoms with E-state index in [2.05, 4.69) is 11.1 Å². The summed E-state index contributed by atoms with van der Waals surface area (Å²) in [5.41, 5.74) is 9.24. The zero-order chi connectivity index (χ0) is 16.2. The Morgan fingerprint density at radius 2 is 2.00 bits per heavy atom. The number of nitrogens with zero attached hydrogens (tertiary/aromatic N) is 3. The Bertz CT molecular complexity index is 816. The second kappa shape index (κ2) is 6.32. The van der Waals surface area contributed by atoms with Crippen molar-refractivity contribution in [2.75, 3.05) is 6.54 Å². The van der Waals surface area contributed by atoms with Gasteiger partial charge in [0.15, 0.2) is 5.96 Å². The van der Waals surface area contributed by atoms with Crippen LogP contribution in [0, 0.1) is 17.1 Å². The minimum atomic E-state index is -0.301. The quantitative estimate of drug-likeness (QED) is 0.886. The Kier molecular flexibility index (Phi) is 4.07. The molecule has 0 fully saturated rings. The average Bonchev–Trinajstić information content (AvgIpc) is 2.56. The van der Waals surface area contributed by atoms with Gasteiger partial charge in [-0.05, 0) is 35.4 Å². The van der Waals surface area contributed by atoms with Crippen LogP contribution in [0.3, 0.4) is 0 Å². The lowest BCUT2D eigenvalue weighted by Crippen LogP contribution is -2.39. The Morgan fingerprint density at radius 1 is 1.26 bits per heavy atom. The monoisotopic (exact) mass is 306 g/mol. The molecule has 0 aliphatic carbocycles. The van der Waals surface area contributed by atoms with E-state index >= 15 is 0 Å². The molecule has 2 N–H and O–H groups in total. The summed E-state index contributed by atoms with van der Waals surface area (Å²) >= 11 is 0. The van der Waals surface area contributed by atoms with Crippen LogP contribution in [-0.2, 0) is 6.54 Å². The van der Waals surface area contributed by atoms with Gasteiger partial charge in [-0.1, -0.05) is 30.3 Å². The summed E-state index contributed by atoms with van der Waals surface area (Å²) in [6, 6.07) is 16.0. The minimum absolute atomic E-state index is 0.301. The van der Waals surface area contributed by atoms with Crippen LogP contribution in [0.25, 0.3) is 6.08 Å². The summed E-state index contributed by atoms with van der Waals surface area (Å²) in [4.78, 5) is 6.22. The van der Waals surface area contributed by atoms with Gasteiger partial charge in [0, 0.05) is 12.1 Å². The van der Waals surface area contributed by atoms with Gasteiger partial charge in [-0.3, -0.25) is 0 Å². The normalized spacial score (nSPS) is 14.0. The number of rotatable bonds is 3. The molecule has 0 amide bonds. The van der Waals surface area contributed by atoms with Crippen molar-refractivity contribution in [1.82, 2.24) is 4.90 Å². The minimum Gasteiger partial charge on any atom is -0.369 e. The molecule has 1 aliphatic heterocycles. The number of hydrogen-bond acceptors (Lipinski definition) is 4. The molecule has 0 saturated heterocycles. The van der Waals surface area contributed by atoms with Gasteiger partial charge in [0.2, 0.25) is 0 Å². The van der Waals surface area contributed by atoms with E-state index in [4.69, 9.17) is 5.73 Å². The van der Waals surface area contributed by atoms with E-state index in [1.807, 2.05) is 29.2 Å². The van der Waals surface area contributed by atoms with Crippen LogP contribution in [-0.4, -0.2) is 17.4 Å². The van der Waals surface area contributed by atoms with Gasteiger partial charge < -0.3 is 10.6 Å². The molecule has 0 saturated carbocycles. The fourth-order valence-corrected chi connectivity index (χ4v) is 2.45. The van der Waals surface area contributed by atoms with Crippen molar-refractivity contribution in [3.05, 3.63) is 71.0 Å². The third kappa shape index (κ3) is 3.38. The lowest BCUT2D eigenvalue weighted by molar-refractivity contribution is 0.439. The molecule has 3 rings (SSSR count). The summed E-state index contributed by atoms with van der Waals surface area (Å²) in [6.45, 7) is 0.964. The first-order valence-corrected chi connectivity index (χ1v) is 7.19. The highest BCUT2D eigenvalue weighted by Gasteiger charge is 2.18. The molecule has 2 aromatic carbocycles. The lowest BCUT2D eigenvalue weighted by Gasteiger charge is -2.27. The number of nitrogens with two attached hydrogens (primary N) is 1. The standard InChI is InChI=1S/C18H15FN4/c19-16-7-5-13(6-8-16)9-14(10-20)11-23-12-15-3-1-2-4-17(15)22-18(23)21/h1-9H,11-12H2,(H2,21,22)/b14-9+. The van der Waals surface area contributed by atoms with Crippen LogP contribution in [0.15, 0.2) is 59.1 Å². The molecule has 0 spiro atoms. The van der Waals surface area contributed by atoms with Gasteiger partial charge in [-0.25, -0.2) is 9.38 Å². The highest BCUT2D eigenvalue weighted by Crippen LogP contribution is 2.25. The molecule has 0 radical (unpaired) electrons. The molecule has 4 nitrogen and oxygen atoms in total. The van der Waals surface area contributed by atoms with Crippen molar-refractivity contribution in [3.63, 3.8) is 0 Å². The predicted molar refractivity (Wildman–Crippen MR) is 88.1 cm³/mol. The average molecular weight is 306 g/mol. The maximum absolute atomic E-state index is 12.9. The molecule has 0 atom stereocenters. The number of fused-ring (bicyclic) bond motifs is 1. The molecule has 1 aliphatic rings. The molecule has 114 valence electrons. The van der Waals surface area contributed by atoms with Gasteiger partial charge in [0.05, 0.1) is 18.3 Å². The molecule has 0 bridgehead atoms. The Balaban J connectivity index is 1.81. The van der Waals surface area contributed by atoms with Crippen LogP contribution in [0.5, 0.6) is 0 Å². The maximum Gasteiger partial charge on any atom is 0.197 e. The maximum atomic E-state index is 12.9. The first-order chi connectivity index (χ1) is 11.2. The zero-order valence-corrected chi connectivity index (χ0v) is 12.4. The third-order valence-electron chi connectivity index (χ3n) is 3.63. The van der Waals surface area contributed by atoms with E-state index in [-0.39, 0.29) is 5.82 Å². The van der Waals surface area contributed by atoms with E-state index in [0.29, 0.717) is 24.6 Å². The van der Waals surface area contributed by atoms with Gasteiger partial charge in [-0.15, -0.1) is 0 Å². The van der Waals surface area contributed by atoms with Crippen molar-refractivity contribution in [2.24, 2.45) is 10.7 Å². The fraction of sp³-hybridized carbons (Fsp3) is 0.111.